The lowest BCUT2D eigenvalue weighted by Gasteiger charge is -2.35. The van der Waals surface area contributed by atoms with E-state index in [-0.39, 0.29) is 42.0 Å². The predicted molar refractivity (Wildman–Crippen MR) is 108 cm³/mol. The van der Waals surface area contributed by atoms with Gasteiger partial charge >= 0.3 is 0 Å². The number of rotatable bonds is 4. The van der Waals surface area contributed by atoms with E-state index in [1.807, 2.05) is 0 Å². The molecule has 8 heteroatoms. The number of benzene rings is 1. The van der Waals surface area contributed by atoms with Crippen molar-refractivity contribution in [3.8, 4) is 5.75 Å². The molecule has 0 N–H and O–H groups in total. The van der Waals surface area contributed by atoms with Gasteiger partial charge in [-0.2, -0.15) is 0 Å². The normalized spacial score (nSPS) is 24.1. The molecular formula is C22H27N3O5. The summed E-state index contributed by atoms with van der Waals surface area (Å²) >= 11 is 0. The van der Waals surface area contributed by atoms with E-state index in [0.29, 0.717) is 37.5 Å². The van der Waals surface area contributed by atoms with E-state index in [1.165, 1.54) is 0 Å². The van der Waals surface area contributed by atoms with Gasteiger partial charge in [-0.05, 0) is 31.0 Å². The SMILES string of the molecule is COc1cccc(C(=O)N2CCN(C(=O)CN3C(=O)[C@H]4CCCC[C@H]4C3=O)CC2)c1. The Labute approximate surface area is 175 Å². The number of carbonyl (C=O) groups is 4. The van der Waals surface area contributed by atoms with Crippen LogP contribution in [0.15, 0.2) is 24.3 Å². The first-order valence-electron chi connectivity index (χ1n) is 10.6. The highest BCUT2D eigenvalue weighted by Gasteiger charge is 2.48. The van der Waals surface area contributed by atoms with Gasteiger partial charge in [-0.1, -0.05) is 18.9 Å². The predicted octanol–water partition coefficient (Wildman–Crippen LogP) is 1.15. The fraction of sp³-hybridized carbons (Fsp3) is 0.545. The van der Waals surface area contributed by atoms with Crippen LogP contribution in [0, 0.1) is 11.8 Å². The molecule has 2 atom stereocenters. The molecule has 3 fully saturated rings. The van der Waals surface area contributed by atoms with Crippen LogP contribution in [0.1, 0.15) is 36.0 Å². The van der Waals surface area contributed by atoms with E-state index in [4.69, 9.17) is 4.74 Å². The lowest BCUT2D eigenvalue weighted by Crippen LogP contribution is -2.53. The van der Waals surface area contributed by atoms with Gasteiger partial charge in [0.15, 0.2) is 0 Å². The maximum atomic E-state index is 12.7. The zero-order valence-electron chi connectivity index (χ0n) is 17.2. The third-order valence-electron chi connectivity index (χ3n) is 6.46. The Bertz CT molecular complexity index is 838. The van der Waals surface area contributed by atoms with Crippen molar-refractivity contribution in [2.45, 2.75) is 25.7 Å². The molecule has 0 radical (unpaired) electrons. The molecule has 1 aromatic rings. The Kier molecular flexibility index (Phi) is 5.74. The summed E-state index contributed by atoms with van der Waals surface area (Å²) in [5.74, 6) is -0.573. The molecular weight excluding hydrogens is 386 g/mol. The Morgan fingerprint density at radius 1 is 0.967 bits per heavy atom. The van der Waals surface area contributed by atoms with E-state index in [0.717, 1.165) is 30.6 Å². The number of imide groups is 1. The first kappa shape index (κ1) is 20.4. The highest BCUT2D eigenvalue weighted by Crippen LogP contribution is 2.37. The quantitative estimate of drug-likeness (QED) is 0.692. The van der Waals surface area contributed by atoms with E-state index in [2.05, 4.69) is 0 Å². The Balaban J connectivity index is 1.33. The number of piperazine rings is 1. The summed E-state index contributed by atoms with van der Waals surface area (Å²) in [7, 11) is 1.55. The van der Waals surface area contributed by atoms with Crippen LogP contribution in [0.4, 0.5) is 0 Å². The molecule has 2 saturated heterocycles. The van der Waals surface area contributed by atoms with Gasteiger partial charge in [0.1, 0.15) is 12.3 Å². The Morgan fingerprint density at radius 3 is 2.17 bits per heavy atom. The minimum atomic E-state index is -0.239. The molecule has 1 aliphatic carbocycles. The van der Waals surface area contributed by atoms with E-state index >= 15 is 0 Å². The van der Waals surface area contributed by atoms with E-state index < -0.39 is 0 Å². The molecule has 0 bridgehead atoms. The van der Waals surface area contributed by atoms with Gasteiger partial charge < -0.3 is 14.5 Å². The van der Waals surface area contributed by atoms with Gasteiger partial charge in [0.2, 0.25) is 17.7 Å². The van der Waals surface area contributed by atoms with Gasteiger partial charge in [-0.25, -0.2) is 0 Å². The van der Waals surface area contributed by atoms with Crippen molar-refractivity contribution in [2.75, 3.05) is 39.8 Å². The van der Waals surface area contributed by atoms with Crippen molar-refractivity contribution < 1.29 is 23.9 Å². The van der Waals surface area contributed by atoms with E-state index in [1.54, 1.807) is 41.2 Å². The number of amides is 4. The van der Waals surface area contributed by atoms with Gasteiger partial charge in [-0.15, -0.1) is 0 Å². The minimum Gasteiger partial charge on any atom is -0.497 e. The maximum absolute atomic E-state index is 12.7. The second kappa shape index (κ2) is 8.45. The molecule has 4 amide bonds. The summed E-state index contributed by atoms with van der Waals surface area (Å²) in [5.41, 5.74) is 0.546. The average molecular weight is 413 g/mol. The zero-order valence-corrected chi connectivity index (χ0v) is 17.2. The third-order valence-corrected chi connectivity index (χ3v) is 6.46. The summed E-state index contributed by atoms with van der Waals surface area (Å²) in [5, 5.41) is 0. The lowest BCUT2D eigenvalue weighted by molar-refractivity contribution is -0.147. The van der Waals surface area contributed by atoms with Crippen molar-refractivity contribution in [1.29, 1.82) is 0 Å². The molecule has 2 aliphatic heterocycles. The number of ether oxygens (including phenoxy) is 1. The zero-order chi connectivity index (χ0) is 21.3. The number of nitrogens with zero attached hydrogens (tertiary/aromatic N) is 3. The Hall–Kier alpha value is -2.90. The standard InChI is InChI=1S/C22H27N3O5/c1-30-16-6-4-5-15(13-16)20(27)24-11-9-23(10-12-24)19(26)14-25-21(28)17-7-2-3-8-18(17)22(25)29/h4-6,13,17-18H,2-3,7-12,14H2,1H3/t17-,18+. The van der Waals surface area contributed by atoms with Crippen molar-refractivity contribution >= 4 is 23.6 Å². The molecule has 0 unspecified atom stereocenters. The van der Waals surface area contributed by atoms with Crippen LogP contribution in [-0.2, 0) is 14.4 Å². The number of carbonyl (C=O) groups excluding carboxylic acids is 4. The highest BCUT2D eigenvalue weighted by atomic mass is 16.5. The smallest absolute Gasteiger partial charge is 0.254 e. The molecule has 1 aromatic carbocycles. The molecule has 1 saturated carbocycles. The summed E-state index contributed by atoms with van der Waals surface area (Å²) in [6, 6.07) is 6.99. The van der Waals surface area contributed by atoms with Gasteiger partial charge in [0.25, 0.3) is 5.91 Å². The fourth-order valence-corrected chi connectivity index (χ4v) is 4.72. The van der Waals surface area contributed by atoms with Crippen LogP contribution in [0.3, 0.4) is 0 Å². The van der Waals surface area contributed by atoms with Crippen molar-refractivity contribution in [3.63, 3.8) is 0 Å². The topological polar surface area (TPSA) is 87.2 Å². The van der Waals surface area contributed by atoms with Crippen molar-refractivity contribution in [2.24, 2.45) is 11.8 Å². The molecule has 8 nitrogen and oxygen atoms in total. The fourth-order valence-electron chi connectivity index (χ4n) is 4.72. The first-order chi connectivity index (χ1) is 14.5. The van der Waals surface area contributed by atoms with Crippen molar-refractivity contribution in [3.05, 3.63) is 29.8 Å². The summed E-state index contributed by atoms with van der Waals surface area (Å²) < 4.78 is 5.17. The molecule has 30 heavy (non-hydrogen) atoms. The number of methoxy groups -OCH3 is 1. The molecule has 3 aliphatic rings. The molecule has 0 spiro atoms. The Morgan fingerprint density at radius 2 is 1.57 bits per heavy atom. The number of fused-ring (bicyclic) bond motifs is 1. The third kappa shape index (κ3) is 3.78. The summed E-state index contributed by atoms with van der Waals surface area (Å²) in [6.07, 6.45) is 3.41. The minimum absolute atomic E-state index is 0.102. The average Bonchev–Trinajstić information content (AvgIpc) is 3.03. The van der Waals surface area contributed by atoms with Gasteiger partial charge in [0.05, 0.1) is 18.9 Å². The number of hydrogen-bond acceptors (Lipinski definition) is 5. The molecule has 4 rings (SSSR count). The second-order valence-corrected chi connectivity index (χ2v) is 8.17. The van der Waals surface area contributed by atoms with Crippen LogP contribution in [0.25, 0.3) is 0 Å². The summed E-state index contributed by atoms with van der Waals surface area (Å²) in [6.45, 7) is 1.41. The highest BCUT2D eigenvalue weighted by molar-refractivity contribution is 6.07. The monoisotopic (exact) mass is 413 g/mol. The lowest BCUT2D eigenvalue weighted by atomic mass is 9.81. The van der Waals surface area contributed by atoms with Crippen LogP contribution in [0.2, 0.25) is 0 Å². The van der Waals surface area contributed by atoms with Crippen LogP contribution in [0.5, 0.6) is 5.75 Å². The molecule has 2 heterocycles. The van der Waals surface area contributed by atoms with Gasteiger partial charge in [-0.3, -0.25) is 24.1 Å². The van der Waals surface area contributed by atoms with Crippen LogP contribution >= 0.6 is 0 Å². The molecule has 0 aromatic heterocycles. The van der Waals surface area contributed by atoms with Crippen molar-refractivity contribution in [1.82, 2.24) is 14.7 Å². The van der Waals surface area contributed by atoms with Gasteiger partial charge in [0, 0.05) is 31.7 Å². The number of likely N-dealkylation sites (tertiary alicyclic amines) is 1. The second-order valence-electron chi connectivity index (χ2n) is 8.17. The first-order valence-corrected chi connectivity index (χ1v) is 10.6. The van der Waals surface area contributed by atoms with E-state index in [9.17, 15) is 19.2 Å². The largest absolute Gasteiger partial charge is 0.497 e. The molecule has 160 valence electrons. The summed E-state index contributed by atoms with van der Waals surface area (Å²) in [4.78, 5) is 55.2. The number of hydrogen-bond donors (Lipinski definition) is 0. The van der Waals surface area contributed by atoms with Crippen LogP contribution < -0.4 is 4.74 Å². The van der Waals surface area contributed by atoms with Crippen LogP contribution in [-0.4, -0.2) is 78.2 Å². The maximum Gasteiger partial charge on any atom is 0.254 e.